The van der Waals surface area contributed by atoms with Crippen molar-refractivity contribution in [2.75, 3.05) is 34.4 Å². The minimum absolute atomic E-state index is 0.0516. The van der Waals surface area contributed by atoms with Crippen LogP contribution in [0.3, 0.4) is 0 Å². The highest BCUT2D eigenvalue weighted by Crippen LogP contribution is 1.97. The molecule has 0 fully saturated rings. The first kappa shape index (κ1) is 13.1. The first-order chi connectivity index (χ1) is 6.56. The Morgan fingerprint density at radius 2 is 2.21 bits per heavy atom. The van der Waals surface area contributed by atoms with E-state index in [0.29, 0.717) is 0 Å². The number of hydrogen-bond acceptors (Lipinski definition) is 4. The van der Waals surface area contributed by atoms with Gasteiger partial charge in [0, 0.05) is 7.05 Å². The third kappa shape index (κ3) is 3.87. The summed E-state index contributed by atoms with van der Waals surface area (Å²) >= 11 is 0. The van der Waals surface area contributed by atoms with E-state index in [1.807, 2.05) is 0 Å². The molecule has 0 radical (unpaired) electrons. The molecule has 0 unspecified atom stereocenters. The molecule has 0 bridgehead atoms. The van der Waals surface area contributed by atoms with Crippen LogP contribution in [0.15, 0.2) is 12.7 Å². The Balaban J connectivity index is 4.10. The minimum atomic E-state index is -0.204. The molecule has 0 saturated heterocycles. The van der Waals surface area contributed by atoms with E-state index in [1.54, 1.807) is 18.0 Å². The number of carbonyl (C=O) groups is 1. The summed E-state index contributed by atoms with van der Waals surface area (Å²) in [6.45, 7) is 3.70. The fourth-order valence-corrected chi connectivity index (χ4v) is 0.926. The van der Waals surface area contributed by atoms with Crippen molar-refractivity contribution in [3.05, 3.63) is 12.7 Å². The number of nitrogens with zero attached hydrogens (tertiary/aromatic N) is 2. The van der Waals surface area contributed by atoms with E-state index in [1.165, 1.54) is 14.2 Å². The lowest BCUT2D eigenvalue weighted by Crippen LogP contribution is -2.41. The smallest absolute Gasteiger partial charge is 0.260 e. The summed E-state index contributed by atoms with van der Waals surface area (Å²) in [6, 6.07) is -0.204. The molecule has 0 rings (SSSR count). The molecular formula is C9H18N2O3. The van der Waals surface area contributed by atoms with Gasteiger partial charge in [-0.1, -0.05) is 6.08 Å². The van der Waals surface area contributed by atoms with E-state index in [-0.39, 0.29) is 25.1 Å². The van der Waals surface area contributed by atoms with Crippen LogP contribution in [0.25, 0.3) is 0 Å². The van der Waals surface area contributed by atoms with Crippen LogP contribution in [-0.4, -0.2) is 61.4 Å². The maximum atomic E-state index is 11.4. The summed E-state index contributed by atoms with van der Waals surface area (Å²) in [5.74, 6) is -0.171. The van der Waals surface area contributed by atoms with Gasteiger partial charge in [0.2, 0.25) is 0 Å². The molecule has 5 nitrogen and oxygen atoms in total. The first-order valence-electron chi connectivity index (χ1n) is 4.31. The molecule has 0 aromatic rings. The van der Waals surface area contributed by atoms with Crippen molar-refractivity contribution in [2.45, 2.75) is 6.04 Å². The van der Waals surface area contributed by atoms with Gasteiger partial charge >= 0.3 is 0 Å². The first-order valence-corrected chi connectivity index (χ1v) is 4.31. The molecule has 14 heavy (non-hydrogen) atoms. The maximum absolute atomic E-state index is 11.4. The largest absolute Gasteiger partial charge is 0.394 e. The van der Waals surface area contributed by atoms with Crippen LogP contribution in [0.1, 0.15) is 0 Å². The van der Waals surface area contributed by atoms with Crippen molar-refractivity contribution in [3.63, 3.8) is 0 Å². The van der Waals surface area contributed by atoms with Gasteiger partial charge in [-0.25, -0.2) is 5.06 Å². The second-order valence-corrected chi connectivity index (χ2v) is 2.97. The Bertz CT molecular complexity index is 196. The monoisotopic (exact) mass is 202 g/mol. The lowest BCUT2D eigenvalue weighted by Gasteiger charge is -2.24. The highest BCUT2D eigenvalue weighted by molar-refractivity contribution is 5.76. The van der Waals surface area contributed by atoms with Crippen LogP contribution in [0, 0.1) is 0 Å². The zero-order chi connectivity index (χ0) is 11.1. The van der Waals surface area contributed by atoms with Crippen molar-refractivity contribution in [1.82, 2.24) is 9.96 Å². The topological polar surface area (TPSA) is 53.0 Å². The van der Waals surface area contributed by atoms with E-state index >= 15 is 0 Å². The fourth-order valence-electron chi connectivity index (χ4n) is 0.926. The molecular weight excluding hydrogens is 184 g/mol. The Kier molecular flexibility index (Phi) is 6.11. The molecule has 0 aromatic heterocycles. The van der Waals surface area contributed by atoms with Crippen LogP contribution in [0.2, 0.25) is 0 Å². The Labute approximate surface area is 84.5 Å². The van der Waals surface area contributed by atoms with E-state index in [9.17, 15) is 4.79 Å². The van der Waals surface area contributed by atoms with Crippen molar-refractivity contribution in [3.8, 4) is 0 Å². The lowest BCUT2D eigenvalue weighted by atomic mass is 10.3. The van der Waals surface area contributed by atoms with Crippen LogP contribution in [-0.2, 0) is 9.63 Å². The van der Waals surface area contributed by atoms with Gasteiger partial charge in [0.05, 0.1) is 26.3 Å². The highest BCUT2D eigenvalue weighted by atomic mass is 16.7. The highest BCUT2D eigenvalue weighted by Gasteiger charge is 2.15. The summed E-state index contributed by atoms with van der Waals surface area (Å²) in [6.07, 6.45) is 1.60. The normalized spacial score (nSPS) is 12.6. The van der Waals surface area contributed by atoms with Crippen LogP contribution in [0.5, 0.6) is 0 Å². The molecule has 0 aliphatic heterocycles. The summed E-state index contributed by atoms with van der Waals surface area (Å²) in [7, 11) is 4.71. The van der Waals surface area contributed by atoms with E-state index in [0.717, 1.165) is 5.06 Å². The van der Waals surface area contributed by atoms with E-state index in [4.69, 9.17) is 9.94 Å². The van der Waals surface area contributed by atoms with Gasteiger partial charge < -0.3 is 5.11 Å². The molecule has 1 amide bonds. The van der Waals surface area contributed by atoms with Gasteiger partial charge in [0.25, 0.3) is 5.91 Å². The zero-order valence-corrected chi connectivity index (χ0v) is 8.93. The molecule has 1 atom stereocenters. The Morgan fingerprint density at radius 1 is 1.64 bits per heavy atom. The Hall–Kier alpha value is -0.910. The van der Waals surface area contributed by atoms with Gasteiger partial charge in [-0.15, -0.1) is 6.58 Å². The van der Waals surface area contributed by atoms with Gasteiger partial charge in [0.1, 0.15) is 0 Å². The third-order valence-corrected chi connectivity index (χ3v) is 2.04. The number of amides is 1. The van der Waals surface area contributed by atoms with Crippen molar-refractivity contribution in [2.24, 2.45) is 0 Å². The molecule has 82 valence electrons. The quantitative estimate of drug-likeness (QED) is 0.465. The fraction of sp³-hybridized carbons (Fsp3) is 0.667. The summed E-state index contributed by atoms with van der Waals surface area (Å²) in [5.41, 5.74) is 0. The second-order valence-electron chi connectivity index (χ2n) is 2.97. The maximum Gasteiger partial charge on any atom is 0.260 e. The molecule has 0 aromatic carbocycles. The van der Waals surface area contributed by atoms with Gasteiger partial charge in [0.15, 0.2) is 0 Å². The molecule has 0 aliphatic carbocycles. The number of hydrogen-bond donors (Lipinski definition) is 1. The van der Waals surface area contributed by atoms with Gasteiger partial charge in [-0.05, 0) is 7.05 Å². The predicted molar refractivity (Wildman–Crippen MR) is 53.5 cm³/mol. The minimum Gasteiger partial charge on any atom is -0.394 e. The lowest BCUT2D eigenvalue weighted by molar-refractivity contribution is -0.169. The molecule has 0 heterocycles. The summed E-state index contributed by atoms with van der Waals surface area (Å²) in [4.78, 5) is 17.8. The average Bonchev–Trinajstić information content (AvgIpc) is 2.18. The van der Waals surface area contributed by atoms with Crippen LogP contribution >= 0.6 is 0 Å². The third-order valence-electron chi connectivity index (χ3n) is 2.04. The molecule has 0 saturated carbocycles. The Morgan fingerprint density at radius 3 is 2.57 bits per heavy atom. The van der Waals surface area contributed by atoms with Crippen molar-refractivity contribution >= 4 is 5.91 Å². The van der Waals surface area contributed by atoms with Crippen molar-refractivity contribution < 1.29 is 14.7 Å². The van der Waals surface area contributed by atoms with E-state index < -0.39 is 0 Å². The molecule has 0 spiro atoms. The second kappa shape index (κ2) is 6.53. The number of carbonyl (C=O) groups excluding carboxylic acids is 1. The zero-order valence-electron chi connectivity index (χ0n) is 8.93. The predicted octanol–water partition coefficient (Wildman–Crippen LogP) is -0.515. The SMILES string of the molecule is C=C[C@@H](CO)N(C)CC(=O)N(C)OC. The van der Waals surface area contributed by atoms with Crippen LogP contribution in [0.4, 0.5) is 0 Å². The standard InChI is InChI=1S/C9H18N2O3/c1-5-8(7-12)10(2)6-9(13)11(3)14-4/h5,8,12H,1,6-7H2,2-4H3/t8-/m0/s1. The van der Waals surface area contributed by atoms with Gasteiger partial charge in [-0.3, -0.25) is 14.5 Å². The van der Waals surface area contributed by atoms with Crippen molar-refractivity contribution in [1.29, 1.82) is 0 Å². The number of likely N-dealkylation sites (N-methyl/N-ethyl adjacent to an activating group) is 2. The number of aliphatic hydroxyl groups is 1. The number of aliphatic hydroxyl groups excluding tert-OH is 1. The summed E-state index contributed by atoms with van der Waals surface area (Å²) in [5, 5.41) is 10.1. The number of hydroxylamine groups is 2. The van der Waals surface area contributed by atoms with Crippen LogP contribution < -0.4 is 0 Å². The molecule has 0 aliphatic rings. The summed E-state index contributed by atoms with van der Waals surface area (Å²) < 4.78 is 0. The average molecular weight is 202 g/mol. The van der Waals surface area contributed by atoms with Gasteiger partial charge in [-0.2, -0.15) is 0 Å². The molecule has 1 N–H and O–H groups in total. The number of rotatable bonds is 6. The molecule has 5 heteroatoms. The van der Waals surface area contributed by atoms with E-state index in [2.05, 4.69) is 6.58 Å².